The van der Waals surface area contributed by atoms with E-state index in [0.29, 0.717) is 38.0 Å². The number of nitrogens with zero attached hydrogens (tertiary/aromatic N) is 2. The highest BCUT2D eigenvalue weighted by Crippen LogP contribution is 2.23. The van der Waals surface area contributed by atoms with Crippen molar-refractivity contribution in [2.24, 2.45) is 4.99 Å². The molecular formula is C25H36N4O4Si. The van der Waals surface area contributed by atoms with E-state index in [1.807, 2.05) is 30.3 Å². The van der Waals surface area contributed by atoms with Crippen LogP contribution in [0.1, 0.15) is 12.0 Å². The van der Waals surface area contributed by atoms with Crippen LogP contribution in [0.4, 0.5) is 0 Å². The van der Waals surface area contributed by atoms with Crippen LogP contribution >= 0.6 is 0 Å². The lowest BCUT2D eigenvalue weighted by Crippen LogP contribution is -2.44. The summed E-state index contributed by atoms with van der Waals surface area (Å²) >= 11 is 0. The minimum absolute atomic E-state index is 0.213. The fourth-order valence-electron chi connectivity index (χ4n) is 3.20. The smallest absolute Gasteiger partial charge is 0.219 e. The summed E-state index contributed by atoms with van der Waals surface area (Å²) in [4.78, 5) is 8.94. The van der Waals surface area contributed by atoms with Crippen molar-refractivity contribution < 1.29 is 18.9 Å². The Labute approximate surface area is 203 Å². The number of aliphatic imine (C=N–C) groups is 1. The van der Waals surface area contributed by atoms with Gasteiger partial charge in [0, 0.05) is 51.7 Å². The van der Waals surface area contributed by atoms with E-state index in [-0.39, 0.29) is 6.04 Å². The second-order valence-electron chi connectivity index (χ2n) is 9.36. The molecule has 8 nitrogen and oxygen atoms in total. The molecule has 1 aliphatic heterocycles. The van der Waals surface area contributed by atoms with Gasteiger partial charge in [0.25, 0.3) is 0 Å². The van der Waals surface area contributed by atoms with Gasteiger partial charge in [-0.05, 0) is 36.4 Å². The number of rotatable bonds is 13. The maximum Gasteiger partial charge on any atom is 0.219 e. The fourth-order valence-corrected chi connectivity index (χ4v) is 3.95. The molecule has 1 saturated heterocycles. The van der Waals surface area contributed by atoms with Gasteiger partial charge >= 0.3 is 0 Å². The third-order valence-corrected chi connectivity index (χ3v) is 6.91. The Morgan fingerprint density at radius 1 is 1.21 bits per heavy atom. The Hall–Kier alpha value is -2.59. The van der Waals surface area contributed by atoms with Crippen molar-refractivity contribution in [2.75, 3.05) is 39.7 Å². The normalized spacial score (nSPS) is 16.8. The largest absolute Gasteiger partial charge is 0.492 e. The maximum absolute atomic E-state index is 7.47. The molecule has 2 heterocycles. The molecule has 1 aromatic heterocycles. The summed E-state index contributed by atoms with van der Waals surface area (Å²) < 4.78 is 22.8. The summed E-state index contributed by atoms with van der Waals surface area (Å²) in [6.07, 6.45) is 3.49. The van der Waals surface area contributed by atoms with Gasteiger partial charge < -0.3 is 29.7 Å². The number of ether oxygens (including phenoxy) is 4. The zero-order valence-corrected chi connectivity index (χ0v) is 21.4. The zero-order valence-electron chi connectivity index (χ0n) is 20.4. The summed E-state index contributed by atoms with van der Waals surface area (Å²) in [6.45, 7) is 10.8. The van der Waals surface area contributed by atoms with Crippen molar-refractivity contribution in [3.05, 3.63) is 48.2 Å². The highest BCUT2D eigenvalue weighted by molar-refractivity contribution is 6.76. The minimum Gasteiger partial charge on any atom is -0.492 e. The third kappa shape index (κ3) is 9.34. The molecule has 1 fully saturated rings. The van der Waals surface area contributed by atoms with Crippen LogP contribution in [0.2, 0.25) is 25.7 Å². The van der Waals surface area contributed by atoms with Gasteiger partial charge in [-0.1, -0.05) is 19.6 Å². The van der Waals surface area contributed by atoms with Gasteiger partial charge in [-0.2, -0.15) is 0 Å². The fraction of sp³-hybridized carbons (Fsp3) is 0.480. The van der Waals surface area contributed by atoms with Crippen LogP contribution in [0.25, 0.3) is 0 Å². The Morgan fingerprint density at radius 2 is 2.00 bits per heavy atom. The van der Waals surface area contributed by atoms with Crippen LogP contribution in [-0.4, -0.2) is 70.7 Å². The van der Waals surface area contributed by atoms with Crippen LogP contribution in [0.15, 0.2) is 47.6 Å². The van der Waals surface area contributed by atoms with Crippen LogP contribution in [0.5, 0.6) is 17.4 Å². The summed E-state index contributed by atoms with van der Waals surface area (Å²) in [5.74, 6) is 1.94. The van der Waals surface area contributed by atoms with E-state index < -0.39 is 8.07 Å². The van der Waals surface area contributed by atoms with Gasteiger partial charge in [-0.15, -0.1) is 0 Å². The molecule has 0 bridgehead atoms. The van der Waals surface area contributed by atoms with E-state index in [1.54, 1.807) is 12.3 Å². The molecule has 1 unspecified atom stereocenters. The zero-order chi connectivity index (χ0) is 24.2. The molecule has 1 atom stereocenters. The summed E-state index contributed by atoms with van der Waals surface area (Å²) in [5.41, 5.74) is 1.63. The van der Waals surface area contributed by atoms with Crippen molar-refractivity contribution in [1.82, 2.24) is 10.3 Å². The molecule has 34 heavy (non-hydrogen) atoms. The quantitative estimate of drug-likeness (QED) is 0.249. The number of hydrogen-bond donors (Lipinski definition) is 2. The molecule has 0 saturated carbocycles. The Morgan fingerprint density at radius 3 is 2.65 bits per heavy atom. The van der Waals surface area contributed by atoms with E-state index in [9.17, 15) is 0 Å². The standard InChI is InChI=1S/C25H36N4O4Si/c1-34(2,3)15-14-31-19-29-24(10-11-26)20-4-9-25(28-16-20)33-23-7-5-22(6-8-23)32-18-21-17-30-13-12-27-21/h4-9,11,16,21,26-27H,10,12-15,17-19H2,1-3H3. The molecule has 2 N–H and O–H groups in total. The van der Waals surface area contributed by atoms with Gasteiger partial charge in [-0.25, -0.2) is 4.98 Å². The molecular weight excluding hydrogens is 448 g/mol. The van der Waals surface area contributed by atoms with Crippen LogP contribution in [-0.2, 0) is 9.47 Å². The number of pyridine rings is 1. The molecule has 1 aliphatic rings. The van der Waals surface area contributed by atoms with Crippen LogP contribution < -0.4 is 14.8 Å². The molecule has 0 radical (unpaired) electrons. The molecule has 3 rings (SSSR count). The monoisotopic (exact) mass is 484 g/mol. The van der Waals surface area contributed by atoms with Crippen molar-refractivity contribution in [1.29, 1.82) is 5.41 Å². The SMILES string of the molecule is C[Si](C)(C)CCOCN=C(CC=N)c1ccc(Oc2ccc(OCC3COCCN3)cc2)nc1. The number of nitrogens with one attached hydrogen (secondary N) is 2. The predicted molar refractivity (Wildman–Crippen MR) is 138 cm³/mol. The van der Waals surface area contributed by atoms with Crippen molar-refractivity contribution in [2.45, 2.75) is 38.1 Å². The first-order valence-electron chi connectivity index (χ1n) is 11.7. The first-order valence-corrected chi connectivity index (χ1v) is 15.4. The highest BCUT2D eigenvalue weighted by Gasteiger charge is 2.14. The Balaban J connectivity index is 1.50. The van der Waals surface area contributed by atoms with Gasteiger partial charge in [0.05, 0.1) is 25.0 Å². The van der Waals surface area contributed by atoms with E-state index in [4.69, 9.17) is 24.4 Å². The van der Waals surface area contributed by atoms with Crippen molar-refractivity contribution in [3.8, 4) is 17.4 Å². The second-order valence-corrected chi connectivity index (χ2v) is 15.0. The highest BCUT2D eigenvalue weighted by atomic mass is 28.3. The number of benzene rings is 1. The maximum atomic E-state index is 7.47. The summed E-state index contributed by atoms with van der Waals surface area (Å²) in [6, 6.07) is 12.5. The summed E-state index contributed by atoms with van der Waals surface area (Å²) in [7, 11) is -1.11. The molecule has 1 aromatic carbocycles. The Kier molecular flexibility index (Phi) is 10.2. The van der Waals surface area contributed by atoms with E-state index in [2.05, 4.69) is 34.9 Å². The lowest BCUT2D eigenvalue weighted by Gasteiger charge is -2.23. The number of morpholine rings is 1. The van der Waals surface area contributed by atoms with Gasteiger partial charge in [0.1, 0.15) is 24.8 Å². The average Bonchev–Trinajstić information content (AvgIpc) is 2.83. The van der Waals surface area contributed by atoms with Crippen LogP contribution in [0.3, 0.4) is 0 Å². The summed E-state index contributed by atoms with van der Waals surface area (Å²) in [5, 5.41) is 10.8. The van der Waals surface area contributed by atoms with Gasteiger partial charge in [0.15, 0.2) is 0 Å². The lowest BCUT2D eigenvalue weighted by molar-refractivity contribution is 0.0592. The molecule has 9 heteroatoms. The van der Waals surface area contributed by atoms with E-state index >= 15 is 0 Å². The number of hydrogen-bond acceptors (Lipinski definition) is 8. The molecule has 0 spiro atoms. The first kappa shape index (κ1) is 26.0. The predicted octanol–water partition coefficient (Wildman–Crippen LogP) is 4.38. The molecule has 184 valence electrons. The average molecular weight is 485 g/mol. The van der Waals surface area contributed by atoms with E-state index in [1.165, 1.54) is 6.21 Å². The third-order valence-electron chi connectivity index (χ3n) is 5.20. The molecule has 2 aromatic rings. The van der Waals surface area contributed by atoms with Gasteiger partial charge in [-0.3, -0.25) is 4.99 Å². The minimum atomic E-state index is -1.11. The van der Waals surface area contributed by atoms with Gasteiger partial charge in [0.2, 0.25) is 5.88 Å². The number of aromatic nitrogens is 1. The second kappa shape index (κ2) is 13.3. The molecule has 0 amide bonds. The topological polar surface area (TPSA) is 98.1 Å². The lowest BCUT2D eigenvalue weighted by atomic mass is 10.1. The van der Waals surface area contributed by atoms with Crippen molar-refractivity contribution >= 4 is 20.0 Å². The first-order chi connectivity index (χ1) is 16.4. The van der Waals surface area contributed by atoms with E-state index in [0.717, 1.165) is 42.8 Å². The molecule has 0 aliphatic carbocycles. The van der Waals surface area contributed by atoms with Crippen molar-refractivity contribution in [3.63, 3.8) is 0 Å². The van der Waals surface area contributed by atoms with Crippen LogP contribution in [0, 0.1) is 5.41 Å². The Bertz CT molecular complexity index is 908.